The second kappa shape index (κ2) is 5.21. The molecular formula is C14H20N2O. The van der Waals surface area contributed by atoms with Crippen LogP contribution in [0.5, 0.6) is 0 Å². The fraction of sp³-hybridized carbons (Fsp3) is 0.500. The topological polar surface area (TPSA) is 32.3 Å². The van der Waals surface area contributed by atoms with Crippen LogP contribution in [0.25, 0.3) is 0 Å². The molecule has 1 fully saturated rings. The number of carbonyl (C=O) groups is 1. The van der Waals surface area contributed by atoms with E-state index in [0.29, 0.717) is 12.6 Å². The molecule has 2 rings (SSSR count). The third-order valence-corrected chi connectivity index (χ3v) is 3.28. The molecule has 17 heavy (non-hydrogen) atoms. The second-order valence-corrected chi connectivity index (χ2v) is 4.92. The molecular weight excluding hydrogens is 212 g/mol. The van der Waals surface area contributed by atoms with Gasteiger partial charge in [0, 0.05) is 19.6 Å². The number of hydrogen-bond acceptors (Lipinski definition) is 1. The fourth-order valence-corrected chi connectivity index (χ4v) is 1.99. The molecule has 0 aliphatic heterocycles. The van der Waals surface area contributed by atoms with E-state index in [4.69, 9.17) is 0 Å². The molecule has 0 saturated heterocycles. The van der Waals surface area contributed by atoms with E-state index in [-0.39, 0.29) is 6.03 Å². The second-order valence-electron chi connectivity index (χ2n) is 4.92. The van der Waals surface area contributed by atoms with Crippen LogP contribution in [0.4, 0.5) is 4.79 Å². The Labute approximate surface area is 103 Å². The minimum absolute atomic E-state index is 0.0382. The monoisotopic (exact) mass is 232 g/mol. The highest BCUT2D eigenvalue weighted by atomic mass is 16.2. The molecule has 3 heteroatoms. The average molecular weight is 232 g/mol. The Morgan fingerprint density at radius 2 is 2.24 bits per heavy atom. The summed E-state index contributed by atoms with van der Waals surface area (Å²) < 4.78 is 0. The summed E-state index contributed by atoms with van der Waals surface area (Å²) in [4.78, 5) is 13.6. The minimum atomic E-state index is 0.0382. The van der Waals surface area contributed by atoms with Gasteiger partial charge in [0.25, 0.3) is 0 Å². The van der Waals surface area contributed by atoms with Crippen LogP contribution in [0.2, 0.25) is 0 Å². The van der Waals surface area contributed by atoms with Crippen molar-refractivity contribution in [1.29, 1.82) is 0 Å². The zero-order chi connectivity index (χ0) is 12.3. The van der Waals surface area contributed by atoms with Gasteiger partial charge in [-0.3, -0.25) is 0 Å². The number of rotatable bonds is 3. The molecule has 2 amide bonds. The highest BCUT2D eigenvalue weighted by Gasteiger charge is 2.20. The van der Waals surface area contributed by atoms with Gasteiger partial charge in [0.05, 0.1) is 0 Å². The van der Waals surface area contributed by atoms with Crippen molar-refractivity contribution in [2.75, 3.05) is 7.05 Å². The van der Waals surface area contributed by atoms with Crippen molar-refractivity contribution in [3.8, 4) is 0 Å². The first-order valence-electron chi connectivity index (χ1n) is 6.22. The smallest absolute Gasteiger partial charge is 0.317 e. The Morgan fingerprint density at radius 1 is 1.47 bits per heavy atom. The van der Waals surface area contributed by atoms with Crippen LogP contribution < -0.4 is 5.32 Å². The van der Waals surface area contributed by atoms with Crippen molar-refractivity contribution in [2.45, 2.75) is 38.8 Å². The predicted octanol–water partition coefficient (Wildman–Crippen LogP) is 2.69. The lowest BCUT2D eigenvalue weighted by atomic mass is 9.93. The van der Waals surface area contributed by atoms with E-state index in [2.05, 4.69) is 30.4 Å². The van der Waals surface area contributed by atoms with Gasteiger partial charge in [-0.25, -0.2) is 4.79 Å². The third-order valence-electron chi connectivity index (χ3n) is 3.28. The molecule has 0 unspecified atom stereocenters. The van der Waals surface area contributed by atoms with Gasteiger partial charge in [0.15, 0.2) is 0 Å². The zero-order valence-corrected chi connectivity index (χ0v) is 10.6. The summed E-state index contributed by atoms with van der Waals surface area (Å²) in [6.45, 7) is 2.73. The van der Waals surface area contributed by atoms with Gasteiger partial charge in [0.1, 0.15) is 0 Å². The number of nitrogens with one attached hydrogen (secondary N) is 1. The largest absolute Gasteiger partial charge is 0.335 e. The number of benzene rings is 1. The molecule has 0 atom stereocenters. The van der Waals surface area contributed by atoms with Crippen molar-refractivity contribution < 1.29 is 4.79 Å². The van der Waals surface area contributed by atoms with Crippen molar-refractivity contribution in [3.05, 3.63) is 35.4 Å². The lowest BCUT2D eigenvalue weighted by Crippen LogP contribution is -2.45. The van der Waals surface area contributed by atoms with Gasteiger partial charge in [-0.1, -0.05) is 29.8 Å². The normalized spacial score (nSPS) is 15.2. The van der Waals surface area contributed by atoms with Crippen LogP contribution >= 0.6 is 0 Å². The van der Waals surface area contributed by atoms with E-state index in [9.17, 15) is 4.79 Å². The van der Waals surface area contributed by atoms with E-state index in [0.717, 1.165) is 12.8 Å². The molecule has 1 saturated carbocycles. The van der Waals surface area contributed by atoms with Crippen molar-refractivity contribution in [3.63, 3.8) is 0 Å². The Hall–Kier alpha value is -1.51. The van der Waals surface area contributed by atoms with Crippen LogP contribution in [0, 0.1) is 6.92 Å². The van der Waals surface area contributed by atoms with E-state index in [1.165, 1.54) is 17.5 Å². The maximum Gasteiger partial charge on any atom is 0.317 e. The number of urea groups is 1. The minimum Gasteiger partial charge on any atom is -0.335 e. The first-order chi connectivity index (χ1) is 8.15. The summed E-state index contributed by atoms with van der Waals surface area (Å²) >= 11 is 0. The lowest BCUT2D eigenvalue weighted by molar-refractivity contribution is 0.195. The summed E-state index contributed by atoms with van der Waals surface area (Å²) in [5.74, 6) is 0. The molecule has 1 aliphatic carbocycles. The van der Waals surface area contributed by atoms with E-state index in [1.54, 1.807) is 4.90 Å². The first kappa shape index (κ1) is 12.0. The Bertz CT molecular complexity index is 399. The number of amides is 2. The van der Waals surface area contributed by atoms with Crippen molar-refractivity contribution in [2.24, 2.45) is 0 Å². The van der Waals surface area contributed by atoms with Gasteiger partial charge in [-0.2, -0.15) is 0 Å². The number of nitrogens with zero attached hydrogens (tertiary/aromatic N) is 1. The number of aryl methyl sites for hydroxylation is 1. The average Bonchev–Trinajstić information content (AvgIpc) is 2.23. The summed E-state index contributed by atoms with van der Waals surface area (Å²) in [5.41, 5.74) is 2.41. The Balaban J connectivity index is 1.87. The standard InChI is InChI=1S/C14H20N2O/c1-11-5-3-6-12(9-11)10-16(2)14(17)15-13-7-4-8-13/h3,5-6,9,13H,4,7-8,10H2,1-2H3,(H,15,17). The molecule has 1 aromatic carbocycles. The van der Waals surface area contributed by atoms with Crippen LogP contribution in [0.1, 0.15) is 30.4 Å². The summed E-state index contributed by atoms with van der Waals surface area (Å²) in [6, 6.07) is 8.71. The van der Waals surface area contributed by atoms with Crippen molar-refractivity contribution in [1.82, 2.24) is 10.2 Å². The quantitative estimate of drug-likeness (QED) is 0.853. The third kappa shape index (κ3) is 3.22. The molecule has 1 aromatic rings. The predicted molar refractivity (Wildman–Crippen MR) is 68.8 cm³/mol. The molecule has 92 valence electrons. The van der Waals surface area contributed by atoms with Crippen LogP contribution in [-0.4, -0.2) is 24.0 Å². The molecule has 0 bridgehead atoms. The maximum atomic E-state index is 11.9. The van der Waals surface area contributed by atoms with Gasteiger partial charge in [0.2, 0.25) is 0 Å². The molecule has 0 heterocycles. The number of hydrogen-bond donors (Lipinski definition) is 1. The SMILES string of the molecule is Cc1cccc(CN(C)C(=O)NC2CCC2)c1. The highest BCUT2D eigenvalue weighted by molar-refractivity contribution is 5.74. The Morgan fingerprint density at radius 3 is 2.82 bits per heavy atom. The van der Waals surface area contributed by atoms with E-state index >= 15 is 0 Å². The molecule has 0 spiro atoms. The molecule has 1 N–H and O–H groups in total. The highest BCUT2D eigenvalue weighted by Crippen LogP contribution is 2.18. The van der Waals surface area contributed by atoms with Gasteiger partial charge in [-0.15, -0.1) is 0 Å². The van der Waals surface area contributed by atoms with Gasteiger partial charge < -0.3 is 10.2 Å². The van der Waals surface area contributed by atoms with E-state index < -0.39 is 0 Å². The lowest BCUT2D eigenvalue weighted by Gasteiger charge is -2.29. The first-order valence-corrected chi connectivity index (χ1v) is 6.22. The maximum absolute atomic E-state index is 11.9. The van der Waals surface area contributed by atoms with Gasteiger partial charge in [-0.05, 0) is 31.7 Å². The zero-order valence-electron chi connectivity index (χ0n) is 10.6. The molecule has 0 aromatic heterocycles. The Kier molecular flexibility index (Phi) is 3.67. The van der Waals surface area contributed by atoms with Crippen LogP contribution in [0.15, 0.2) is 24.3 Å². The van der Waals surface area contributed by atoms with Crippen LogP contribution in [0.3, 0.4) is 0 Å². The van der Waals surface area contributed by atoms with Crippen molar-refractivity contribution >= 4 is 6.03 Å². The molecule has 0 radical (unpaired) electrons. The summed E-state index contributed by atoms with van der Waals surface area (Å²) in [7, 11) is 1.84. The molecule has 1 aliphatic rings. The summed E-state index contributed by atoms with van der Waals surface area (Å²) in [6.07, 6.45) is 3.50. The fourth-order valence-electron chi connectivity index (χ4n) is 1.99. The molecule has 3 nitrogen and oxygen atoms in total. The summed E-state index contributed by atoms with van der Waals surface area (Å²) in [5, 5.41) is 3.04. The number of carbonyl (C=O) groups excluding carboxylic acids is 1. The van der Waals surface area contributed by atoms with Crippen LogP contribution in [-0.2, 0) is 6.54 Å². The van der Waals surface area contributed by atoms with E-state index in [1.807, 2.05) is 13.1 Å². The van der Waals surface area contributed by atoms with Gasteiger partial charge >= 0.3 is 6.03 Å².